The van der Waals surface area contributed by atoms with Crippen molar-refractivity contribution < 1.29 is 45.4 Å². The van der Waals surface area contributed by atoms with E-state index in [1.54, 1.807) is 25.1 Å². The van der Waals surface area contributed by atoms with Gasteiger partial charge < -0.3 is 20.6 Å². The molecule has 2 fully saturated rings. The summed E-state index contributed by atoms with van der Waals surface area (Å²) in [7, 11) is 0. The van der Waals surface area contributed by atoms with Gasteiger partial charge in [0.2, 0.25) is 5.91 Å². The highest BCUT2D eigenvalue weighted by atomic mass is 32.1. The molecular weight excluding hydrogens is 780 g/mol. The van der Waals surface area contributed by atoms with Crippen LogP contribution in [-0.2, 0) is 35.4 Å². The van der Waals surface area contributed by atoms with Gasteiger partial charge in [0.05, 0.1) is 40.7 Å². The Morgan fingerprint density at radius 2 is 1.75 bits per heavy atom. The van der Waals surface area contributed by atoms with Crippen molar-refractivity contribution in [3.8, 4) is 11.1 Å². The van der Waals surface area contributed by atoms with Crippen molar-refractivity contribution in [3.05, 3.63) is 93.4 Å². The summed E-state index contributed by atoms with van der Waals surface area (Å²) < 4.78 is 104. The van der Waals surface area contributed by atoms with Crippen LogP contribution in [0.3, 0.4) is 0 Å². The molecule has 18 heteroatoms. The van der Waals surface area contributed by atoms with E-state index in [0.717, 1.165) is 37.5 Å². The maximum Gasteiger partial charge on any atom is 0.435 e. The number of pyridine rings is 1. The molecule has 0 unspecified atom stereocenters. The zero-order chi connectivity index (χ0) is 40.6. The second-order valence-electron chi connectivity index (χ2n) is 16.0. The molecule has 0 bridgehead atoms. The molecule has 1 spiro atoms. The lowest BCUT2D eigenvalue weighted by Gasteiger charge is -2.43. The van der Waals surface area contributed by atoms with E-state index < -0.39 is 82.2 Å². The van der Waals surface area contributed by atoms with Gasteiger partial charge in [-0.15, -0.1) is 0 Å². The second kappa shape index (κ2) is 12.4. The maximum absolute atomic E-state index is 15.6. The normalized spacial score (nSPS) is 21.7. The van der Waals surface area contributed by atoms with E-state index in [-0.39, 0.29) is 29.2 Å². The topological polar surface area (TPSA) is 125 Å². The molecule has 2 amide bonds. The highest BCUT2D eigenvalue weighted by Gasteiger charge is 2.58. The van der Waals surface area contributed by atoms with Gasteiger partial charge in [-0.25, -0.2) is 13.8 Å². The average Bonchev–Trinajstić information content (AvgIpc) is 3.38. The summed E-state index contributed by atoms with van der Waals surface area (Å²) in [4.78, 5) is 38.5. The van der Waals surface area contributed by atoms with Crippen LogP contribution in [0.2, 0.25) is 0 Å². The third kappa shape index (κ3) is 6.22. The number of carbonyl (C=O) groups excluding carboxylic acids is 2. The SMILES string of the molecule is C[C@@H]1c2c(C(F)(F)F)nn(CC(=O)N[C@@H](Cc3cc(F)cc(F)c3)c3nc4nc(N5CC(C)(O)C5)sc4cc3-c3ccc4c(c3)C(=O)NC43CC3)c2C(F)(F)[C@@H]1C. The first-order valence-corrected chi connectivity index (χ1v) is 19.1. The molecule has 298 valence electrons. The Morgan fingerprint density at radius 1 is 1.05 bits per heavy atom. The third-order valence-electron chi connectivity index (χ3n) is 11.6. The molecule has 1 saturated heterocycles. The Balaban J connectivity index is 1.16. The smallest absolute Gasteiger partial charge is 0.386 e. The Labute approximate surface area is 324 Å². The minimum atomic E-state index is -5.08. The minimum absolute atomic E-state index is 0.0740. The minimum Gasteiger partial charge on any atom is -0.386 e. The number of thiazole rings is 1. The second-order valence-corrected chi connectivity index (χ2v) is 17.0. The van der Waals surface area contributed by atoms with Crippen molar-refractivity contribution in [1.82, 2.24) is 30.4 Å². The number of rotatable bonds is 8. The van der Waals surface area contributed by atoms with Crippen molar-refractivity contribution in [2.45, 2.75) is 81.8 Å². The monoisotopic (exact) mass is 813 g/mol. The summed E-state index contributed by atoms with van der Waals surface area (Å²) in [5, 5.41) is 20.1. The highest BCUT2D eigenvalue weighted by Crippen LogP contribution is 2.56. The van der Waals surface area contributed by atoms with Gasteiger partial charge in [0.15, 0.2) is 16.5 Å². The number of benzene rings is 2. The van der Waals surface area contributed by atoms with Crippen LogP contribution in [0, 0.1) is 17.6 Å². The fourth-order valence-corrected chi connectivity index (χ4v) is 9.46. The molecule has 9 rings (SSSR count). The van der Waals surface area contributed by atoms with Crippen molar-refractivity contribution in [2.24, 2.45) is 5.92 Å². The van der Waals surface area contributed by atoms with Gasteiger partial charge in [0.1, 0.15) is 23.9 Å². The van der Waals surface area contributed by atoms with E-state index in [1.807, 2.05) is 11.0 Å². The molecule has 1 saturated carbocycles. The average molecular weight is 814 g/mol. The number of hydrogen-bond acceptors (Lipinski definition) is 8. The van der Waals surface area contributed by atoms with E-state index in [4.69, 9.17) is 4.98 Å². The van der Waals surface area contributed by atoms with E-state index in [9.17, 15) is 36.6 Å². The summed E-state index contributed by atoms with van der Waals surface area (Å²) >= 11 is 1.29. The number of alkyl halides is 5. The number of carbonyl (C=O) groups is 2. The first-order chi connectivity index (χ1) is 26.7. The molecule has 2 aliphatic carbocycles. The fourth-order valence-electron chi connectivity index (χ4n) is 8.52. The largest absolute Gasteiger partial charge is 0.435 e. The molecule has 0 radical (unpaired) electrons. The highest BCUT2D eigenvalue weighted by molar-refractivity contribution is 7.22. The molecule has 2 aromatic carbocycles. The number of aromatic nitrogens is 4. The van der Waals surface area contributed by atoms with Crippen LogP contribution in [0.25, 0.3) is 21.5 Å². The van der Waals surface area contributed by atoms with Crippen molar-refractivity contribution >= 4 is 38.6 Å². The Hall–Kier alpha value is -5.10. The lowest BCUT2D eigenvalue weighted by atomic mass is 9.92. The predicted molar refractivity (Wildman–Crippen MR) is 194 cm³/mol. The Bertz CT molecular complexity index is 2500. The molecule has 5 aromatic rings. The van der Waals surface area contributed by atoms with Gasteiger partial charge in [-0.2, -0.15) is 32.0 Å². The quantitative estimate of drug-likeness (QED) is 0.143. The zero-order valence-electron chi connectivity index (χ0n) is 30.6. The number of hydrogen-bond donors (Lipinski definition) is 3. The first-order valence-electron chi connectivity index (χ1n) is 18.3. The first kappa shape index (κ1) is 37.5. The van der Waals surface area contributed by atoms with Gasteiger partial charge in [0, 0.05) is 28.7 Å². The van der Waals surface area contributed by atoms with Gasteiger partial charge >= 0.3 is 6.18 Å². The van der Waals surface area contributed by atoms with E-state index in [0.29, 0.717) is 50.4 Å². The summed E-state index contributed by atoms with van der Waals surface area (Å²) in [5.74, 6) is -9.59. The molecule has 2 aliphatic heterocycles. The van der Waals surface area contributed by atoms with Crippen LogP contribution in [-0.4, -0.2) is 55.4 Å². The van der Waals surface area contributed by atoms with Gasteiger partial charge in [0.25, 0.3) is 11.8 Å². The molecule has 10 nitrogen and oxygen atoms in total. The molecular formula is C39H34F7N7O3S. The summed E-state index contributed by atoms with van der Waals surface area (Å²) in [6.07, 6.45) is -3.82. The number of β-amino-alcohol motifs (C(OH)–C–C–N with tert-alkyl or cyclic N) is 1. The Morgan fingerprint density at radius 3 is 2.40 bits per heavy atom. The standard InChI is InChI=1S/C39H34F7N7O3S/c1-17-18(2)38(42,43)32-29(17)31(39(44,45)46)51-53(32)14-28(54)47-26(10-19-8-21(40)12-22(41)9-19)30-23(20-4-5-25-24(11-20)34(55)50-37(25)6-7-37)13-27-33(48-30)49-35(57-27)52-15-36(3,56)16-52/h4-5,8-9,11-13,17-18,26,56H,6-7,10,14-16H2,1-3H3,(H,47,54)(H,50,55)/t17-,18+,26-/m0/s1. The van der Waals surface area contributed by atoms with E-state index >= 15 is 8.78 Å². The number of halogens is 7. The Kier molecular flexibility index (Phi) is 8.18. The van der Waals surface area contributed by atoms with Crippen molar-refractivity contribution in [3.63, 3.8) is 0 Å². The molecule has 57 heavy (non-hydrogen) atoms. The zero-order valence-corrected chi connectivity index (χ0v) is 31.4. The van der Waals surface area contributed by atoms with Crippen LogP contribution in [0.15, 0.2) is 42.5 Å². The molecule has 3 N–H and O–H groups in total. The molecule has 3 atom stereocenters. The van der Waals surface area contributed by atoms with Crippen LogP contribution < -0.4 is 15.5 Å². The van der Waals surface area contributed by atoms with Gasteiger partial charge in [-0.3, -0.25) is 14.3 Å². The molecule has 4 aliphatic rings. The fraction of sp³-hybridized carbons (Fsp3) is 0.410. The summed E-state index contributed by atoms with van der Waals surface area (Å²) in [5.41, 5.74) is -1.92. The van der Waals surface area contributed by atoms with Crippen LogP contribution in [0.4, 0.5) is 35.9 Å². The predicted octanol–water partition coefficient (Wildman–Crippen LogP) is 7.10. The molecule has 5 heterocycles. The number of aliphatic hydroxyl groups is 1. The van der Waals surface area contributed by atoms with E-state index in [1.165, 1.54) is 18.3 Å². The number of nitrogens with one attached hydrogen (secondary N) is 2. The van der Waals surface area contributed by atoms with Crippen LogP contribution >= 0.6 is 11.3 Å². The number of fused-ring (bicyclic) bond motifs is 4. The molecule has 3 aromatic heterocycles. The lowest BCUT2D eigenvalue weighted by Crippen LogP contribution is -2.60. The van der Waals surface area contributed by atoms with Crippen molar-refractivity contribution in [2.75, 3.05) is 18.0 Å². The van der Waals surface area contributed by atoms with Crippen molar-refractivity contribution in [1.29, 1.82) is 0 Å². The number of nitrogens with zero attached hydrogens (tertiary/aromatic N) is 5. The third-order valence-corrected chi connectivity index (χ3v) is 12.7. The lowest BCUT2D eigenvalue weighted by molar-refractivity contribution is -0.143. The maximum atomic E-state index is 15.6. The van der Waals surface area contributed by atoms with Crippen LogP contribution in [0.5, 0.6) is 0 Å². The van der Waals surface area contributed by atoms with E-state index in [2.05, 4.69) is 20.7 Å². The van der Waals surface area contributed by atoms with Gasteiger partial charge in [-0.1, -0.05) is 37.3 Å². The van der Waals surface area contributed by atoms with Crippen LogP contribution in [0.1, 0.15) is 89.7 Å². The number of anilines is 1. The summed E-state index contributed by atoms with van der Waals surface area (Å²) in [6, 6.07) is 8.55. The van der Waals surface area contributed by atoms with Gasteiger partial charge in [-0.05, 0) is 73.1 Å². The summed E-state index contributed by atoms with van der Waals surface area (Å²) in [6.45, 7) is 3.64. The number of amides is 2.